The molecule has 1 aliphatic rings. The fourth-order valence-electron chi connectivity index (χ4n) is 2.46. The number of benzene rings is 1. The average Bonchev–Trinajstić information content (AvgIpc) is 2.50. The molecule has 0 radical (unpaired) electrons. The Hall–Kier alpha value is -1.57. The van der Waals surface area contributed by atoms with Crippen molar-refractivity contribution < 1.29 is 9.47 Å². The maximum Gasteiger partial charge on any atom is 0.119 e. The highest BCUT2D eigenvalue weighted by molar-refractivity contribution is 5.28. The van der Waals surface area contributed by atoms with Crippen molar-refractivity contribution in [3.05, 3.63) is 29.8 Å². The topological polar surface area (TPSA) is 45.5 Å². The van der Waals surface area contributed by atoms with Crippen LogP contribution in [0, 0.1) is 11.3 Å². The Morgan fingerprint density at radius 2 is 1.95 bits per heavy atom. The number of hydrogen-bond acceptors (Lipinski definition) is 4. The van der Waals surface area contributed by atoms with Gasteiger partial charge in [-0.2, -0.15) is 5.26 Å². The van der Waals surface area contributed by atoms with Crippen LogP contribution in [0.15, 0.2) is 24.3 Å². The largest absolute Gasteiger partial charge is 0.492 e. The van der Waals surface area contributed by atoms with Crippen LogP contribution in [0.2, 0.25) is 0 Å². The molecule has 1 aromatic rings. The van der Waals surface area contributed by atoms with Gasteiger partial charge in [0.05, 0.1) is 18.6 Å². The molecule has 0 atom stereocenters. The molecule has 1 aromatic carbocycles. The van der Waals surface area contributed by atoms with Crippen LogP contribution in [-0.2, 0) is 11.2 Å². The van der Waals surface area contributed by atoms with E-state index in [0.717, 1.165) is 43.8 Å². The van der Waals surface area contributed by atoms with Crippen LogP contribution in [0.1, 0.15) is 18.4 Å². The zero-order valence-electron chi connectivity index (χ0n) is 12.0. The number of nitriles is 1. The summed E-state index contributed by atoms with van der Waals surface area (Å²) in [5, 5.41) is 8.62. The summed E-state index contributed by atoms with van der Waals surface area (Å²) in [6, 6.07) is 9.90. The van der Waals surface area contributed by atoms with Crippen LogP contribution in [0.4, 0.5) is 0 Å². The Kier molecular flexibility index (Phi) is 5.85. The van der Waals surface area contributed by atoms with Gasteiger partial charge in [-0.25, -0.2) is 0 Å². The van der Waals surface area contributed by atoms with Crippen molar-refractivity contribution in [2.24, 2.45) is 0 Å². The summed E-state index contributed by atoms with van der Waals surface area (Å²) in [5.41, 5.74) is 1.03. The lowest BCUT2D eigenvalue weighted by Crippen LogP contribution is -2.38. The van der Waals surface area contributed by atoms with Gasteiger partial charge in [0, 0.05) is 26.7 Å². The third kappa shape index (κ3) is 4.52. The maximum absolute atomic E-state index is 8.62. The first-order chi connectivity index (χ1) is 9.81. The first-order valence-corrected chi connectivity index (χ1v) is 7.15. The van der Waals surface area contributed by atoms with Crippen molar-refractivity contribution in [1.29, 1.82) is 5.26 Å². The molecule has 1 saturated heterocycles. The molecule has 0 N–H and O–H groups in total. The van der Waals surface area contributed by atoms with Crippen LogP contribution in [-0.4, -0.2) is 44.4 Å². The van der Waals surface area contributed by atoms with Crippen molar-refractivity contribution in [3.63, 3.8) is 0 Å². The van der Waals surface area contributed by atoms with Gasteiger partial charge in [-0.1, -0.05) is 12.1 Å². The van der Waals surface area contributed by atoms with E-state index in [1.54, 1.807) is 7.11 Å². The molecule has 4 heteroatoms. The molecule has 20 heavy (non-hydrogen) atoms. The minimum Gasteiger partial charge on any atom is -0.492 e. The summed E-state index contributed by atoms with van der Waals surface area (Å²) in [5.74, 6) is 0.874. The number of ether oxygens (including phenoxy) is 2. The second kappa shape index (κ2) is 7.88. The second-order valence-corrected chi connectivity index (χ2v) is 5.10. The fraction of sp³-hybridized carbons (Fsp3) is 0.562. The maximum atomic E-state index is 8.62. The Labute approximate surface area is 120 Å². The monoisotopic (exact) mass is 274 g/mol. The molecule has 0 aliphatic carbocycles. The highest BCUT2D eigenvalue weighted by atomic mass is 16.5. The van der Waals surface area contributed by atoms with Gasteiger partial charge in [-0.15, -0.1) is 0 Å². The summed E-state index contributed by atoms with van der Waals surface area (Å²) < 4.78 is 11.1. The second-order valence-electron chi connectivity index (χ2n) is 5.10. The molecular formula is C16H22N2O2. The number of rotatable bonds is 6. The summed E-state index contributed by atoms with van der Waals surface area (Å²) in [4.78, 5) is 2.42. The van der Waals surface area contributed by atoms with Crippen LogP contribution >= 0.6 is 0 Å². The molecule has 1 aliphatic heterocycles. The molecule has 0 aromatic heterocycles. The van der Waals surface area contributed by atoms with Crippen molar-refractivity contribution in [3.8, 4) is 11.8 Å². The van der Waals surface area contributed by atoms with Gasteiger partial charge in [0.15, 0.2) is 0 Å². The number of likely N-dealkylation sites (tertiary alicyclic amines) is 1. The summed E-state index contributed by atoms with van der Waals surface area (Å²) in [6.45, 7) is 3.83. The smallest absolute Gasteiger partial charge is 0.119 e. The normalized spacial score (nSPS) is 16.8. The van der Waals surface area contributed by atoms with Crippen molar-refractivity contribution in [2.75, 3.05) is 33.4 Å². The number of nitrogens with zero attached hydrogens (tertiary/aromatic N) is 2. The Bertz CT molecular complexity index is 431. The molecule has 4 nitrogen and oxygen atoms in total. The highest BCUT2D eigenvalue weighted by Crippen LogP contribution is 2.14. The predicted molar refractivity (Wildman–Crippen MR) is 77.7 cm³/mol. The average molecular weight is 274 g/mol. The first-order valence-electron chi connectivity index (χ1n) is 7.15. The minimum atomic E-state index is 0.430. The Balaban J connectivity index is 1.67. The van der Waals surface area contributed by atoms with E-state index in [9.17, 15) is 0 Å². The number of hydrogen-bond donors (Lipinski definition) is 0. The third-order valence-corrected chi connectivity index (χ3v) is 3.75. The van der Waals surface area contributed by atoms with Crippen LogP contribution in [0.3, 0.4) is 0 Å². The van der Waals surface area contributed by atoms with E-state index in [1.807, 2.05) is 24.3 Å². The van der Waals surface area contributed by atoms with E-state index in [-0.39, 0.29) is 0 Å². The molecule has 0 unspecified atom stereocenters. The molecule has 2 rings (SSSR count). The summed E-state index contributed by atoms with van der Waals surface area (Å²) in [7, 11) is 1.79. The number of methoxy groups -OCH3 is 1. The van der Waals surface area contributed by atoms with Gasteiger partial charge in [-0.05, 0) is 30.5 Å². The zero-order chi connectivity index (χ0) is 14.2. The first kappa shape index (κ1) is 14.8. The Morgan fingerprint density at radius 3 is 2.55 bits per heavy atom. The van der Waals surface area contributed by atoms with E-state index in [1.165, 1.54) is 0 Å². The third-order valence-electron chi connectivity index (χ3n) is 3.75. The summed E-state index contributed by atoms with van der Waals surface area (Å²) >= 11 is 0. The van der Waals surface area contributed by atoms with Gasteiger partial charge < -0.3 is 9.47 Å². The Morgan fingerprint density at radius 1 is 1.25 bits per heavy atom. The molecular weight excluding hydrogens is 252 g/mol. The predicted octanol–water partition coefficient (Wildman–Crippen LogP) is 2.24. The van der Waals surface area contributed by atoms with E-state index in [2.05, 4.69) is 11.0 Å². The van der Waals surface area contributed by atoms with E-state index in [0.29, 0.717) is 19.1 Å². The molecule has 1 fully saturated rings. The molecule has 108 valence electrons. The van der Waals surface area contributed by atoms with Crippen molar-refractivity contribution >= 4 is 0 Å². The fourth-order valence-corrected chi connectivity index (χ4v) is 2.46. The van der Waals surface area contributed by atoms with Crippen LogP contribution in [0.5, 0.6) is 5.75 Å². The van der Waals surface area contributed by atoms with Gasteiger partial charge in [-0.3, -0.25) is 4.90 Å². The quantitative estimate of drug-likeness (QED) is 0.798. The SMILES string of the molecule is COC1CCN(CCOc2ccc(CC#N)cc2)CC1. The lowest BCUT2D eigenvalue weighted by Gasteiger charge is -2.30. The lowest BCUT2D eigenvalue weighted by atomic mass is 10.1. The highest BCUT2D eigenvalue weighted by Gasteiger charge is 2.18. The minimum absolute atomic E-state index is 0.430. The molecule has 1 heterocycles. The number of piperidine rings is 1. The van der Waals surface area contributed by atoms with Crippen molar-refractivity contribution in [1.82, 2.24) is 4.90 Å². The van der Waals surface area contributed by atoms with Crippen LogP contribution in [0.25, 0.3) is 0 Å². The van der Waals surface area contributed by atoms with E-state index < -0.39 is 0 Å². The van der Waals surface area contributed by atoms with Gasteiger partial charge in [0.1, 0.15) is 12.4 Å². The summed E-state index contributed by atoms with van der Waals surface area (Å²) in [6.07, 6.45) is 3.10. The van der Waals surface area contributed by atoms with E-state index in [4.69, 9.17) is 14.7 Å². The lowest BCUT2D eigenvalue weighted by molar-refractivity contribution is 0.0375. The standard InChI is InChI=1S/C16H22N2O2/c1-19-15-7-10-18(11-8-15)12-13-20-16-4-2-14(3-5-16)6-9-17/h2-5,15H,6-8,10-13H2,1H3. The molecule has 0 spiro atoms. The molecule has 0 saturated carbocycles. The van der Waals surface area contributed by atoms with Gasteiger partial charge in [0.25, 0.3) is 0 Å². The molecule has 0 bridgehead atoms. The van der Waals surface area contributed by atoms with Gasteiger partial charge >= 0.3 is 0 Å². The van der Waals surface area contributed by atoms with Gasteiger partial charge in [0.2, 0.25) is 0 Å². The molecule has 0 amide bonds. The van der Waals surface area contributed by atoms with Crippen molar-refractivity contribution in [2.45, 2.75) is 25.4 Å². The van der Waals surface area contributed by atoms with Crippen LogP contribution < -0.4 is 4.74 Å². The van der Waals surface area contributed by atoms with E-state index >= 15 is 0 Å². The zero-order valence-corrected chi connectivity index (χ0v) is 12.0.